The number of rotatable bonds is 11. The molecular formula is C19H33BrIN3O3. The lowest BCUT2D eigenvalue weighted by Crippen LogP contribution is -2.40. The van der Waals surface area contributed by atoms with Gasteiger partial charge in [-0.1, -0.05) is 13.3 Å². The molecule has 0 aliphatic heterocycles. The average molecular weight is 558 g/mol. The fourth-order valence-electron chi connectivity index (χ4n) is 2.76. The molecule has 0 aliphatic carbocycles. The van der Waals surface area contributed by atoms with E-state index < -0.39 is 0 Å². The van der Waals surface area contributed by atoms with Crippen molar-refractivity contribution >= 4 is 45.9 Å². The second-order valence-electron chi connectivity index (χ2n) is 6.06. The van der Waals surface area contributed by atoms with Gasteiger partial charge in [0.2, 0.25) is 0 Å². The number of aliphatic imine (C=N–C) groups is 1. The van der Waals surface area contributed by atoms with Crippen molar-refractivity contribution in [3.63, 3.8) is 0 Å². The van der Waals surface area contributed by atoms with Crippen LogP contribution in [0.2, 0.25) is 0 Å². The number of guanidine groups is 1. The number of hydrogen-bond donors (Lipinski definition) is 3. The summed E-state index contributed by atoms with van der Waals surface area (Å²) >= 11 is 3.51. The van der Waals surface area contributed by atoms with Crippen molar-refractivity contribution < 1.29 is 14.6 Å². The largest absolute Gasteiger partial charge is 0.493 e. The lowest BCUT2D eigenvalue weighted by Gasteiger charge is -2.18. The van der Waals surface area contributed by atoms with Gasteiger partial charge in [-0.3, -0.25) is 0 Å². The minimum atomic E-state index is 0. The molecule has 1 atom stereocenters. The summed E-state index contributed by atoms with van der Waals surface area (Å²) in [7, 11) is 3.24. The van der Waals surface area contributed by atoms with Crippen LogP contribution in [0.25, 0.3) is 0 Å². The van der Waals surface area contributed by atoms with Crippen LogP contribution in [-0.4, -0.2) is 45.0 Å². The third-order valence-corrected chi connectivity index (χ3v) is 4.64. The topological polar surface area (TPSA) is 75.1 Å². The number of halogens is 2. The van der Waals surface area contributed by atoms with E-state index in [2.05, 4.69) is 38.5 Å². The first-order chi connectivity index (χ1) is 12.6. The quantitative estimate of drug-likeness (QED) is 0.218. The minimum Gasteiger partial charge on any atom is -0.493 e. The first kappa shape index (κ1) is 26.3. The third kappa shape index (κ3) is 9.34. The molecule has 0 saturated carbocycles. The Balaban J connectivity index is 0.00000676. The number of aliphatic hydroxyl groups is 1. The van der Waals surface area contributed by atoms with Crippen LogP contribution in [0.3, 0.4) is 0 Å². The maximum absolute atomic E-state index is 9.20. The van der Waals surface area contributed by atoms with E-state index in [-0.39, 0.29) is 30.6 Å². The molecule has 1 unspecified atom stereocenters. The summed E-state index contributed by atoms with van der Waals surface area (Å²) in [5.41, 5.74) is 1.02. The molecular weight excluding hydrogens is 525 g/mol. The van der Waals surface area contributed by atoms with Gasteiger partial charge in [-0.25, -0.2) is 4.99 Å². The Morgan fingerprint density at radius 2 is 1.93 bits per heavy atom. The zero-order valence-electron chi connectivity index (χ0n) is 16.7. The Labute approximate surface area is 188 Å². The summed E-state index contributed by atoms with van der Waals surface area (Å²) in [5, 5.41) is 15.9. The summed E-state index contributed by atoms with van der Waals surface area (Å²) in [6.07, 6.45) is 3.01. The lowest BCUT2D eigenvalue weighted by atomic mass is 10.0. The lowest BCUT2D eigenvalue weighted by molar-refractivity contribution is 0.251. The van der Waals surface area contributed by atoms with Crippen LogP contribution in [-0.2, 0) is 6.54 Å². The number of aliphatic hydroxyl groups excluding tert-OH is 1. The monoisotopic (exact) mass is 557 g/mol. The Morgan fingerprint density at radius 3 is 2.48 bits per heavy atom. The van der Waals surface area contributed by atoms with Gasteiger partial charge < -0.3 is 25.2 Å². The molecule has 0 spiro atoms. The summed E-state index contributed by atoms with van der Waals surface area (Å²) in [6, 6.07) is 3.92. The van der Waals surface area contributed by atoms with E-state index in [0.717, 1.165) is 48.3 Å². The van der Waals surface area contributed by atoms with Crippen molar-refractivity contribution in [1.82, 2.24) is 10.6 Å². The van der Waals surface area contributed by atoms with Gasteiger partial charge in [0, 0.05) is 19.7 Å². The van der Waals surface area contributed by atoms with Crippen molar-refractivity contribution in [2.45, 2.75) is 39.7 Å². The molecule has 156 valence electrons. The van der Waals surface area contributed by atoms with Crippen molar-refractivity contribution in [2.24, 2.45) is 10.9 Å². The molecule has 1 aromatic carbocycles. The Bertz CT molecular complexity index is 567. The number of benzene rings is 1. The predicted octanol–water partition coefficient (Wildman–Crippen LogP) is 3.94. The zero-order valence-corrected chi connectivity index (χ0v) is 20.6. The molecule has 0 radical (unpaired) electrons. The van der Waals surface area contributed by atoms with E-state index in [1.165, 1.54) is 0 Å². The fourth-order valence-corrected chi connectivity index (χ4v) is 3.41. The smallest absolute Gasteiger partial charge is 0.191 e. The molecule has 0 heterocycles. The van der Waals surface area contributed by atoms with Crippen LogP contribution in [0, 0.1) is 5.92 Å². The molecule has 8 heteroatoms. The second kappa shape index (κ2) is 15.2. The molecule has 1 rings (SSSR count). The van der Waals surface area contributed by atoms with Crippen molar-refractivity contribution in [2.75, 3.05) is 33.9 Å². The SMILES string of the molecule is CCCC(CCO)CNC(=NCc1cc(Br)c(OC)c(OC)c1)NCC.I. The van der Waals surface area contributed by atoms with Crippen LogP contribution in [0.1, 0.15) is 38.7 Å². The normalized spacial score (nSPS) is 12.1. The fraction of sp³-hybridized carbons (Fsp3) is 0.632. The summed E-state index contributed by atoms with van der Waals surface area (Å²) < 4.78 is 11.6. The number of nitrogens with zero attached hydrogens (tertiary/aromatic N) is 1. The van der Waals surface area contributed by atoms with Crippen LogP contribution >= 0.6 is 39.9 Å². The van der Waals surface area contributed by atoms with E-state index in [0.29, 0.717) is 24.0 Å². The summed E-state index contributed by atoms with van der Waals surface area (Å²) in [4.78, 5) is 4.66. The van der Waals surface area contributed by atoms with Gasteiger partial charge in [-0.2, -0.15) is 0 Å². The highest BCUT2D eigenvalue weighted by Crippen LogP contribution is 2.36. The molecule has 0 fully saturated rings. The van der Waals surface area contributed by atoms with E-state index in [1.54, 1.807) is 14.2 Å². The van der Waals surface area contributed by atoms with Gasteiger partial charge in [0.1, 0.15) is 0 Å². The van der Waals surface area contributed by atoms with E-state index in [9.17, 15) is 5.11 Å². The summed E-state index contributed by atoms with van der Waals surface area (Å²) in [5.74, 6) is 2.58. The predicted molar refractivity (Wildman–Crippen MR) is 126 cm³/mol. The molecule has 0 saturated heterocycles. The number of hydrogen-bond acceptors (Lipinski definition) is 4. The van der Waals surface area contributed by atoms with Crippen molar-refractivity contribution in [1.29, 1.82) is 0 Å². The van der Waals surface area contributed by atoms with Gasteiger partial charge in [0.25, 0.3) is 0 Å². The Hall–Kier alpha value is -0.740. The van der Waals surface area contributed by atoms with Crippen LogP contribution < -0.4 is 20.1 Å². The maximum atomic E-state index is 9.20. The molecule has 0 bridgehead atoms. The third-order valence-electron chi connectivity index (χ3n) is 4.05. The molecule has 0 aliphatic rings. The van der Waals surface area contributed by atoms with Gasteiger partial charge >= 0.3 is 0 Å². The number of nitrogens with one attached hydrogen (secondary N) is 2. The first-order valence-corrected chi connectivity index (χ1v) is 9.92. The molecule has 3 N–H and O–H groups in total. The first-order valence-electron chi connectivity index (χ1n) is 9.12. The maximum Gasteiger partial charge on any atom is 0.191 e. The van der Waals surface area contributed by atoms with E-state index >= 15 is 0 Å². The average Bonchev–Trinajstić information content (AvgIpc) is 2.63. The highest BCUT2D eigenvalue weighted by molar-refractivity contribution is 14.0. The van der Waals surface area contributed by atoms with Gasteiger partial charge in [0.15, 0.2) is 17.5 Å². The second-order valence-corrected chi connectivity index (χ2v) is 6.91. The van der Waals surface area contributed by atoms with Crippen molar-refractivity contribution in [3.8, 4) is 11.5 Å². The van der Waals surface area contributed by atoms with Crippen LogP contribution in [0.15, 0.2) is 21.6 Å². The van der Waals surface area contributed by atoms with Gasteiger partial charge in [0.05, 0.1) is 25.2 Å². The molecule has 1 aromatic rings. The van der Waals surface area contributed by atoms with E-state index in [4.69, 9.17) is 9.47 Å². The number of ether oxygens (including phenoxy) is 2. The summed E-state index contributed by atoms with van der Waals surface area (Å²) in [6.45, 7) is 6.54. The molecule has 0 amide bonds. The Morgan fingerprint density at radius 1 is 1.19 bits per heavy atom. The minimum absolute atomic E-state index is 0. The van der Waals surface area contributed by atoms with Gasteiger partial charge in [-0.05, 0) is 59.3 Å². The highest BCUT2D eigenvalue weighted by Gasteiger charge is 2.11. The Kier molecular flexibility index (Phi) is 14.8. The number of methoxy groups -OCH3 is 2. The molecule has 0 aromatic heterocycles. The standard InChI is InChI=1S/C19H32BrN3O3.HI/c1-5-7-14(8-9-24)12-22-19(21-6-2)23-13-15-10-16(20)18(26-4)17(11-15)25-3;/h10-11,14,24H,5-9,12-13H2,1-4H3,(H2,21,22,23);1H. The van der Waals surface area contributed by atoms with Crippen molar-refractivity contribution in [3.05, 3.63) is 22.2 Å². The van der Waals surface area contributed by atoms with Crippen LogP contribution in [0.4, 0.5) is 0 Å². The van der Waals surface area contributed by atoms with E-state index in [1.807, 2.05) is 19.1 Å². The highest BCUT2D eigenvalue weighted by atomic mass is 127. The van der Waals surface area contributed by atoms with Gasteiger partial charge in [-0.15, -0.1) is 24.0 Å². The van der Waals surface area contributed by atoms with Crippen LogP contribution in [0.5, 0.6) is 11.5 Å². The molecule has 27 heavy (non-hydrogen) atoms. The zero-order chi connectivity index (χ0) is 19.4. The molecule has 6 nitrogen and oxygen atoms in total.